The summed E-state index contributed by atoms with van der Waals surface area (Å²) in [7, 11) is 0. The van der Waals surface area contributed by atoms with Crippen molar-refractivity contribution in [2.24, 2.45) is 0 Å². The number of halogens is 2. The van der Waals surface area contributed by atoms with Crippen LogP contribution in [0.4, 0.5) is 10.1 Å². The third kappa shape index (κ3) is 4.93. The van der Waals surface area contributed by atoms with Crippen LogP contribution in [0.1, 0.15) is 10.5 Å². The summed E-state index contributed by atoms with van der Waals surface area (Å²) in [6.07, 6.45) is 0. The minimum absolute atomic E-state index is 0.176. The molecule has 0 radical (unpaired) electrons. The van der Waals surface area contributed by atoms with Gasteiger partial charge in [-0.3, -0.25) is 9.89 Å². The molecule has 0 unspecified atom stereocenters. The minimum Gasteiger partial charge on any atom is -0.451 e. The van der Waals surface area contributed by atoms with Gasteiger partial charge in [-0.1, -0.05) is 40.2 Å². The van der Waals surface area contributed by atoms with Crippen molar-refractivity contribution in [3.05, 3.63) is 70.6 Å². The van der Waals surface area contributed by atoms with Crippen LogP contribution in [0.25, 0.3) is 11.3 Å². The summed E-state index contributed by atoms with van der Waals surface area (Å²) in [5.41, 5.74) is 2.16. The number of benzene rings is 2. The molecule has 0 saturated carbocycles. The first kappa shape index (κ1) is 21.0. The summed E-state index contributed by atoms with van der Waals surface area (Å²) in [5, 5.41) is 6.77. The van der Waals surface area contributed by atoms with Crippen LogP contribution in [0.3, 0.4) is 0 Å². The van der Waals surface area contributed by atoms with Gasteiger partial charge in [0.1, 0.15) is 11.5 Å². The summed E-state index contributed by atoms with van der Waals surface area (Å²) in [6, 6.07) is 15.7. The molecule has 0 bridgehead atoms. The van der Waals surface area contributed by atoms with Gasteiger partial charge in [-0.15, -0.1) is 0 Å². The molecule has 0 atom stereocenters. The van der Waals surface area contributed by atoms with Gasteiger partial charge in [0.05, 0.1) is 11.4 Å². The second-order valence-corrected chi connectivity index (χ2v) is 7.98. The van der Waals surface area contributed by atoms with Gasteiger partial charge in [0.2, 0.25) is 0 Å². The highest BCUT2D eigenvalue weighted by Gasteiger charge is 2.24. The van der Waals surface area contributed by atoms with Gasteiger partial charge in [-0.25, -0.2) is 9.18 Å². The van der Waals surface area contributed by atoms with Gasteiger partial charge in [-0.05, 0) is 30.3 Å². The Morgan fingerprint density at radius 2 is 1.77 bits per heavy atom. The highest BCUT2D eigenvalue weighted by atomic mass is 79.9. The first-order valence-corrected chi connectivity index (χ1v) is 10.6. The highest BCUT2D eigenvalue weighted by molar-refractivity contribution is 9.10. The Morgan fingerprint density at radius 3 is 2.48 bits per heavy atom. The number of rotatable bonds is 5. The maximum absolute atomic E-state index is 13.9. The molecule has 2 aromatic carbocycles. The van der Waals surface area contributed by atoms with E-state index in [0.29, 0.717) is 37.6 Å². The van der Waals surface area contributed by atoms with Gasteiger partial charge < -0.3 is 14.5 Å². The van der Waals surface area contributed by atoms with Crippen molar-refractivity contribution in [1.82, 2.24) is 15.1 Å². The number of para-hydroxylation sites is 1. The zero-order chi connectivity index (χ0) is 21.8. The van der Waals surface area contributed by atoms with Gasteiger partial charge in [0, 0.05) is 36.2 Å². The van der Waals surface area contributed by atoms with E-state index in [2.05, 4.69) is 26.1 Å². The number of piperazine rings is 1. The Kier molecular flexibility index (Phi) is 6.31. The number of aromatic amines is 1. The number of anilines is 1. The van der Waals surface area contributed by atoms with Gasteiger partial charge in [0.15, 0.2) is 6.61 Å². The van der Waals surface area contributed by atoms with E-state index in [0.717, 1.165) is 10.0 Å². The van der Waals surface area contributed by atoms with E-state index in [-0.39, 0.29) is 24.0 Å². The van der Waals surface area contributed by atoms with Crippen LogP contribution < -0.4 is 4.90 Å². The van der Waals surface area contributed by atoms with Crippen molar-refractivity contribution < 1.29 is 18.7 Å². The number of aromatic nitrogens is 2. The van der Waals surface area contributed by atoms with E-state index in [1.807, 2.05) is 29.2 Å². The molecular formula is C22H20BrFN4O3. The lowest BCUT2D eigenvalue weighted by Gasteiger charge is -2.36. The van der Waals surface area contributed by atoms with Crippen molar-refractivity contribution in [2.45, 2.75) is 0 Å². The molecule has 1 saturated heterocycles. The number of amides is 1. The number of nitrogens with zero attached hydrogens (tertiary/aromatic N) is 3. The number of nitrogens with one attached hydrogen (secondary N) is 1. The third-order valence-corrected chi connectivity index (χ3v) is 5.62. The van der Waals surface area contributed by atoms with Gasteiger partial charge in [-0.2, -0.15) is 5.10 Å². The van der Waals surface area contributed by atoms with E-state index in [4.69, 9.17) is 4.74 Å². The van der Waals surface area contributed by atoms with E-state index < -0.39 is 5.97 Å². The molecule has 1 aliphatic rings. The molecular weight excluding hydrogens is 467 g/mol. The van der Waals surface area contributed by atoms with Crippen LogP contribution in [-0.4, -0.2) is 59.8 Å². The Bertz CT molecular complexity index is 1080. The monoisotopic (exact) mass is 486 g/mol. The van der Waals surface area contributed by atoms with Crippen LogP contribution in [0, 0.1) is 5.82 Å². The average molecular weight is 487 g/mol. The minimum atomic E-state index is -0.644. The molecule has 1 aromatic heterocycles. The lowest BCUT2D eigenvalue weighted by molar-refractivity contribution is -0.134. The van der Waals surface area contributed by atoms with Crippen molar-refractivity contribution >= 4 is 33.5 Å². The number of carbonyl (C=O) groups excluding carboxylic acids is 2. The summed E-state index contributed by atoms with van der Waals surface area (Å²) >= 11 is 3.37. The predicted molar refractivity (Wildman–Crippen MR) is 117 cm³/mol. The van der Waals surface area contributed by atoms with Crippen LogP contribution >= 0.6 is 15.9 Å². The lowest BCUT2D eigenvalue weighted by atomic mass is 10.1. The third-order valence-electron chi connectivity index (χ3n) is 5.09. The summed E-state index contributed by atoms with van der Waals surface area (Å²) in [5.74, 6) is -1.21. The van der Waals surface area contributed by atoms with Gasteiger partial charge in [0.25, 0.3) is 5.91 Å². The van der Waals surface area contributed by atoms with Crippen molar-refractivity contribution in [1.29, 1.82) is 0 Å². The Hall–Kier alpha value is -3.20. The second kappa shape index (κ2) is 9.30. The molecule has 160 valence electrons. The molecule has 4 rings (SSSR count). The maximum atomic E-state index is 13.9. The Labute approximate surface area is 186 Å². The topological polar surface area (TPSA) is 78.5 Å². The summed E-state index contributed by atoms with van der Waals surface area (Å²) in [4.78, 5) is 28.2. The largest absolute Gasteiger partial charge is 0.451 e. The molecule has 0 spiro atoms. The fraction of sp³-hybridized carbons (Fsp3) is 0.227. The molecule has 1 amide bonds. The number of ether oxygens (including phenoxy) is 1. The number of hydrogen-bond donors (Lipinski definition) is 1. The molecule has 1 N–H and O–H groups in total. The van der Waals surface area contributed by atoms with Crippen LogP contribution in [0.15, 0.2) is 59.1 Å². The zero-order valence-electron chi connectivity index (χ0n) is 16.6. The van der Waals surface area contributed by atoms with E-state index in [1.165, 1.54) is 6.07 Å². The highest BCUT2D eigenvalue weighted by Crippen LogP contribution is 2.21. The van der Waals surface area contributed by atoms with Crippen molar-refractivity contribution in [3.8, 4) is 11.3 Å². The number of H-pyrrole nitrogens is 1. The van der Waals surface area contributed by atoms with Crippen LogP contribution in [0.5, 0.6) is 0 Å². The van der Waals surface area contributed by atoms with E-state index >= 15 is 0 Å². The smallest absolute Gasteiger partial charge is 0.356 e. The van der Waals surface area contributed by atoms with E-state index in [9.17, 15) is 14.0 Å². The molecule has 7 nitrogen and oxygen atoms in total. The maximum Gasteiger partial charge on any atom is 0.356 e. The molecule has 9 heteroatoms. The van der Waals surface area contributed by atoms with Crippen molar-refractivity contribution in [2.75, 3.05) is 37.7 Å². The molecule has 3 aromatic rings. The van der Waals surface area contributed by atoms with Crippen molar-refractivity contribution in [3.63, 3.8) is 0 Å². The van der Waals surface area contributed by atoms with Crippen LogP contribution in [0.2, 0.25) is 0 Å². The first-order chi connectivity index (χ1) is 15.0. The summed E-state index contributed by atoms with van der Waals surface area (Å²) in [6.45, 7) is 1.53. The molecule has 1 fully saturated rings. The fourth-order valence-electron chi connectivity index (χ4n) is 3.40. The van der Waals surface area contributed by atoms with E-state index in [1.54, 1.807) is 29.2 Å². The fourth-order valence-corrected chi connectivity index (χ4v) is 3.66. The zero-order valence-corrected chi connectivity index (χ0v) is 18.1. The summed E-state index contributed by atoms with van der Waals surface area (Å²) < 4.78 is 20.0. The molecule has 2 heterocycles. The normalized spacial score (nSPS) is 13.9. The predicted octanol–water partition coefficient (Wildman–Crippen LogP) is 3.48. The SMILES string of the molecule is O=C(OCC(=O)N1CCN(c2ccccc2F)CC1)c1cc(-c2ccc(Br)cc2)n[nH]1. The molecule has 1 aliphatic heterocycles. The Morgan fingerprint density at radius 1 is 1.06 bits per heavy atom. The molecule has 31 heavy (non-hydrogen) atoms. The first-order valence-electron chi connectivity index (χ1n) is 9.77. The molecule has 0 aliphatic carbocycles. The quantitative estimate of drug-likeness (QED) is 0.558. The van der Waals surface area contributed by atoms with Gasteiger partial charge >= 0.3 is 5.97 Å². The van der Waals surface area contributed by atoms with Crippen LogP contribution in [-0.2, 0) is 9.53 Å². The standard InChI is InChI=1S/C22H20BrFN4O3/c23-16-7-5-15(6-8-16)18-13-19(26-25-18)22(30)31-14-21(29)28-11-9-27(10-12-28)20-4-2-1-3-17(20)24/h1-8,13H,9-12,14H2,(H,25,26). The average Bonchev–Trinajstić information content (AvgIpc) is 3.29. The lowest BCUT2D eigenvalue weighted by Crippen LogP contribution is -2.50. The number of carbonyl (C=O) groups is 2. The number of esters is 1. The number of hydrogen-bond acceptors (Lipinski definition) is 5. The second-order valence-electron chi connectivity index (χ2n) is 7.07. The Balaban J connectivity index is 1.28.